The topological polar surface area (TPSA) is 0 Å². The fraction of sp³-hybridized carbons (Fsp3) is 1.00. The zero-order valence-electron chi connectivity index (χ0n) is 10.1. The minimum atomic E-state index is 0.493. The summed E-state index contributed by atoms with van der Waals surface area (Å²) in [5, 5.41) is 0.493. The molecule has 2 aliphatic carbocycles. The molecule has 1 heteroatoms. The molecule has 0 aromatic heterocycles. The van der Waals surface area contributed by atoms with Crippen LogP contribution in [-0.4, -0.2) is 5.38 Å². The van der Waals surface area contributed by atoms with Gasteiger partial charge in [-0.25, -0.2) is 0 Å². The SMILES string of the molecule is CCC1CCC(C2CCCC(Cl)C2)CC1. The van der Waals surface area contributed by atoms with E-state index in [4.69, 9.17) is 11.6 Å². The summed E-state index contributed by atoms with van der Waals surface area (Å²) in [6, 6.07) is 0. The minimum Gasteiger partial charge on any atom is -0.123 e. The lowest BCUT2D eigenvalue weighted by atomic mass is 9.70. The van der Waals surface area contributed by atoms with Crippen molar-refractivity contribution in [2.24, 2.45) is 17.8 Å². The van der Waals surface area contributed by atoms with Crippen molar-refractivity contribution in [3.8, 4) is 0 Å². The second-order valence-electron chi connectivity index (χ2n) is 5.71. The van der Waals surface area contributed by atoms with Gasteiger partial charge in [0, 0.05) is 5.38 Å². The van der Waals surface area contributed by atoms with Crippen LogP contribution in [-0.2, 0) is 0 Å². The molecule has 0 bridgehead atoms. The molecule has 0 N–H and O–H groups in total. The van der Waals surface area contributed by atoms with E-state index < -0.39 is 0 Å². The first kappa shape index (κ1) is 11.8. The van der Waals surface area contributed by atoms with E-state index in [1.807, 2.05) is 0 Å². The summed E-state index contributed by atoms with van der Waals surface area (Å²) < 4.78 is 0. The van der Waals surface area contributed by atoms with E-state index in [0.29, 0.717) is 5.38 Å². The van der Waals surface area contributed by atoms with Gasteiger partial charge in [0.05, 0.1) is 0 Å². The molecule has 2 saturated carbocycles. The second kappa shape index (κ2) is 5.57. The van der Waals surface area contributed by atoms with Gasteiger partial charge in [-0.3, -0.25) is 0 Å². The third-order valence-electron chi connectivity index (χ3n) is 4.79. The lowest BCUT2D eigenvalue weighted by molar-refractivity contribution is 0.167. The van der Waals surface area contributed by atoms with Gasteiger partial charge in [0.15, 0.2) is 0 Å². The number of hydrogen-bond acceptors (Lipinski definition) is 0. The minimum absolute atomic E-state index is 0.493. The predicted molar refractivity (Wildman–Crippen MR) is 67.3 cm³/mol. The van der Waals surface area contributed by atoms with Gasteiger partial charge in [0.2, 0.25) is 0 Å². The molecule has 2 atom stereocenters. The van der Waals surface area contributed by atoms with Gasteiger partial charge in [-0.2, -0.15) is 0 Å². The van der Waals surface area contributed by atoms with E-state index in [1.54, 1.807) is 0 Å². The molecule has 2 unspecified atom stereocenters. The Morgan fingerprint density at radius 3 is 2.27 bits per heavy atom. The predicted octanol–water partition coefficient (Wildman–Crippen LogP) is 5.00. The number of rotatable bonds is 2. The monoisotopic (exact) mass is 228 g/mol. The van der Waals surface area contributed by atoms with Crippen LogP contribution in [0.1, 0.15) is 64.7 Å². The van der Waals surface area contributed by atoms with Crippen molar-refractivity contribution >= 4 is 11.6 Å². The van der Waals surface area contributed by atoms with Crippen LogP contribution in [0.4, 0.5) is 0 Å². The maximum absolute atomic E-state index is 6.29. The quantitative estimate of drug-likeness (QED) is 0.584. The van der Waals surface area contributed by atoms with Crippen LogP contribution in [0.5, 0.6) is 0 Å². The highest BCUT2D eigenvalue weighted by molar-refractivity contribution is 6.20. The van der Waals surface area contributed by atoms with Crippen LogP contribution in [0, 0.1) is 17.8 Å². The fourth-order valence-electron chi connectivity index (χ4n) is 3.66. The highest BCUT2D eigenvalue weighted by atomic mass is 35.5. The van der Waals surface area contributed by atoms with Crippen molar-refractivity contribution in [3.63, 3.8) is 0 Å². The van der Waals surface area contributed by atoms with Crippen molar-refractivity contribution in [2.45, 2.75) is 70.1 Å². The molecular formula is C14H25Cl. The summed E-state index contributed by atoms with van der Waals surface area (Å²) in [5.74, 6) is 3.03. The molecule has 0 aromatic carbocycles. The van der Waals surface area contributed by atoms with Gasteiger partial charge < -0.3 is 0 Å². The smallest absolute Gasteiger partial charge is 0.0338 e. The number of alkyl halides is 1. The van der Waals surface area contributed by atoms with Crippen molar-refractivity contribution in [2.75, 3.05) is 0 Å². The molecule has 0 radical (unpaired) electrons. The summed E-state index contributed by atoms with van der Waals surface area (Å²) in [6.45, 7) is 2.35. The average molecular weight is 229 g/mol. The van der Waals surface area contributed by atoms with Crippen LogP contribution in [0.15, 0.2) is 0 Å². The normalized spacial score (nSPS) is 42.8. The van der Waals surface area contributed by atoms with Gasteiger partial charge in [-0.1, -0.05) is 39.0 Å². The molecule has 2 rings (SSSR count). The lowest BCUT2D eigenvalue weighted by Gasteiger charge is -2.36. The van der Waals surface area contributed by atoms with Crippen molar-refractivity contribution < 1.29 is 0 Å². The molecule has 0 spiro atoms. The second-order valence-corrected chi connectivity index (χ2v) is 6.33. The van der Waals surface area contributed by atoms with E-state index >= 15 is 0 Å². The lowest BCUT2D eigenvalue weighted by Crippen LogP contribution is -2.26. The maximum atomic E-state index is 6.29. The van der Waals surface area contributed by atoms with E-state index in [0.717, 1.165) is 17.8 Å². The Labute approximate surface area is 99.8 Å². The summed E-state index contributed by atoms with van der Waals surface area (Å²) >= 11 is 6.29. The zero-order valence-corrected chi connectivity index (χ0v) is 10.8. The Hall–Kier alpha value is 0.290. The fourth-order valence-corrected chi connectivity index (χ4v) is 4.04. The summed E-state index contributed by atoms with van der Waals surface area (Å²) in [5.41, 5.74) is 0. The Kier molecular flexibility index (Phi) is 4.37. The summed E-state index contributed by atoms with van der Waals surface area (Å²) in [7, 11) is 0. The van der Waals surface area contributed by atoms with Gasteiger partial charge in [0.1, 0.15) is 0 Å². The van der Waals surface area contributed by atoms with Crippen molar-refractivity contribution in [3.05, 3.63) is 0 Å². The van der Waals surface area contributed by atoms with Gasteiger partial charge >= 0.3 is 0 Å². The third-order valence-corrected chi connectivity index (χ3v) is 5.18. The Balaban J connectivity index is 1.79. The molecule has 0 amide bonds. The highest BCUT2D eigenvalue weighted by Crippen LogP contribution is 2.41. The molecule has 15 heavy (non-hydrogen) atoms. The molecular weight excluding hydrogens is 204 g/mol. The number of hydrogen-bond donors (Lipinski definition) is 0. The van der Waals surface area contributed by atoms with Crippen LogP contribution in [0.25, 0.3) is 0 Å². The average Bonchev–Trinajstić information content (AvgIpc) is 2.29. The molecule has 0 aliphatic heterocycles. The van der Waals surface area contributed by atoms with Crippen LogP contribution < -0.4 is 0 Å². The zero-order chi connectivity index (χ0) is 10.7. The largest absolute Gasteiger partial charge is 0.123 e. The van der Waals surface area contributed by atoms with Crippen molar-refractivity contribution in [1.29, 1.82) is 0 Å². The van der Waals surface area contributed by atoms with E-state index in [1.165, 1.54) is 57.8 Å². The standard InChI is InChI=1S/C14H25Cl/c1-2-11-6-8-12(9-7-11)13-4-3-5-14(15)10-13/h11-14H,2-10H2,1H3. The Morgan fingerprint density at radius 2 is 1.67 bits per heavy atom. The molecule has 0 aromatic rings. The van der Waals surface area contributed by atoms with Crippen LogP contribution in [0.3, 0.4) is 0 Å². The summed E-state index contributed by atoms with van der Waals surface area (Å²) in [4.78, 5) is 0. The molecule has 88 valence electrons. The molecule has 0 saturated heterocycles. The first-order valence-corrected chi connectivity index (χ1v) is 7.37. The third kappa shape index (κ3) is 3.12. The maximum Gasteiger partial charge on any atom is 0.0338 e. The highest BCUT2D eigenvalue weighted by Gasteiger charge is 2.30. The van der Waals surface area contributed by atoms with E-state index in [9.17, 15) is 0 Å². The van der Waals surface area contributed by atoms with Gasteiger partial charge in [-0.15, -0.1) is 11.6 Å². The van der Waals surface area contributed by atoms with E-state index in [-0.39, 0.29) is 0 Å². The first-order valence-electron chi connectivity index (χ1n) is 6.93. The number of halogens is 1. The van der Waals surface area contributed by atoms with Crippen molar-refractivity contribution in [1.82, 2.24) is 0 Å². The van der Waals surface area contributed by atoms with Crippen LogP contribution in [0.2, 0.25) is 0 Å². The molecule has 2 aliphatic rings. The molecule has 0 nitrogen and oxygen atoms in total. The van der Waals surface area contributed by atoms with Gasteiger partial charge in [-0.05, 0) is 43.4 Å². The van der Waals surface area contributed by atoms with Crippen LogP contribution >= 0.6 is 11.6 Å². The summed E-state index contributed by atoms with van der Waals surface area (Å²) in [6.07, 6.45) is 12.8. The van der Waals surface area contributed by atoms with E-state index in [2.05, 4.69) is 6.92 Å². The molecule has 0 heterocycles. The Morgan fingerprint density at radius 1 is 0.933 bits per heavy atom. The molecule has 2 fully saturated rings. The Bertz CT molecular complexity index is 182. The first-order chi connectivity index (χ1) is 7.29. The van der Waals surface area contributed by atoms with Gasteiger partial charge in [0.25, 0.3) is 0 Å².